The molecule has 162 valence electrons. The van der Waals surface area contributed by atoms with E-state index in [1.807, 2.05) is 0 Å². The second-order valence-corrected chi connectivity index (χ2v) is 8.56. The van der Waals surface area contributed by atoms with Gasteiger partial charge in [-0.1, -0.05) is 24.3 Å². The molecule has 0 saturated carbocycles. The predicted molar refractivity (Wildman–Crippen MR) is 109 cm³/mol. The molecule has 2 amide bonds. The number of rotatable bonds is 8. The van der Waals surface area contributed by atoms with E-state index < -0.39 is 46.1 Å². The van der Waals surface area contributed by atoms with Crippen molar-refractivity contribution in [2.45, 2.75) is 19.5 Å². The molecule has 0 aliphatic carbocycles. The number of nitrogens with zero attached hydrogens (tertiary/aromatic N) is 2. The van der Waals surface area contributed by atoms with Gasteiger partial charge in [0.2, 0.25) is 21.8 Å². The van der Waals surface area contributed by atoms with E-state index in [0.29, 0.717) is 0 Å². The summed E-state index contributed by atoms with van der Waals surface area (Å²) < 4.78 is 53.0. The zero-order valence-corrected chi connectivity index (χ0v) is 17.6. The van der Waals surface area contributed by atoms with Crippen LogP contribution in [0.15, 0.2) is 48.5 Å². The van der Waals surface area contributed by atoms with Crippen molar-refractivity contribution in [3.05, 3.63) is 65.7 Å². The minimum absolute atomic E-state index is 0.0377. The van der Waals surface area contributed by atoms with E-state index in [4.69, 9.17) is 0 Å². The minimum atomic E-state index is -3.95. The highest BCUT2D eigenvalue weighted by atomic mass is 32.2. The van der Waals surface area contributed by atoms with Gasteiger partial charge in [0, 0.05) is 19.2 Å². The lowest BCUT2D eigenvalue weighted by atomic mass is 10.1. The summed E-state index contributed by atoms with van der Waals surface area (Å²) in [5, 5.41) is 2.42. The quantitative estimate of drug-likeness (QED) is 0.681. The van der Waals surface area contributed by atoms with Crippen LogP contribution in [0.4, 0.5) is 14.5 Å². The number of carbonyl (C=O) groups is 2. The molecular weight excluding hydrogens is 416 g/mol. The van der Waals surface area contributed by atoms with Crippen LogP contribution < -0.4 is 9.62 Å². The fourth-order valence-electron chi connectivity index (χ4n) is 2.85. The van der Waals surface area contributed by atoms with E-state index in [1.54, 1.807) is 6.07 Å². The molecule has 2 aromatic carbocycles. The topological polar surface area (TPSA) is 86.8 Å². The third-order valence-corrected chi connectivity index (χ3v) is 5.63. The predicted octanol–water partition coefficient (Wildman–Crippen LogP) is 1.89. The Bertz CT molecular complexity index is 1030. The number of anilines is 1. The molecule has 1 N–H and O–H groups in total. The molecule has 2 aromatic rings. The number of nitrogens with one attached hydrogen (secondary N) is 1. The molecule has 0 bridgehead atoms. The number of amides is 2. The van der Waals surface area contributed by atoms with Crippen LogP contribution in [0.25, 0.3) is 0 Å². The van der Waals surface area contributed by atoms with Gasteiger partial charge in [0.1, 0.15) is 24.2 Å². The fourth-order valence-corrected chi connectivity index (χ4v) is 3.69. The van der Waals surface area contributed by atoms with Crippen LogP contribution >= 0.6 is 0 Å². The van der Waals surface area contributed by atoms with Crippen molar-refractivity contribution < 1.29 is 26.8 Å². The van der Waals surface area contributed by atoms with Crippen LogP contribution in [-0.2, 0) is 26.2 Å². The first-order valence-electron chi connectivity index (χ1n) is 9.02. The Labute approximate surface area is 174 Å². The SMILES string of the molecule is CNC(=O)[C@@H](C)N(Cc1ccccc1F)C(=O)CN(c1cccc(F)c1)S(C)(=O)=O. The fraction of sp³-hybridized carbons (Fsp3) is 0.300. The monoisotopic (exact) mass is 439 g/mol. The number of sulfonamides is 1. The van der Waals surface area contributed by atoms with Crippen molar-refractivity contribution in [1.82, 2.24) is 10.2 Å². The maximum absolute atomic E-state index is 14.1. The van der Waals surface area contributed by atoms with E-state index in [2.05, 4.69) is 5.32 Å². The Morgan fingerprint density at radius 1 is 1.10 bits per heavy atom. The van der Waals surface area contributed by atoms with Gasteiger partial charge in [0.05, 0.1) is 11.9 Å². The maximum Gasteiger partial charge on any atom is 0.244 e. The zero-order valence-electron chi connectivity index (χ0n) is 16.8. The van der Waals surface area contributed by atoms with Crippen molar-refractivity contribution in [3.63, 3.8) is 0 Å². The Kier molecular flexibility index (Phi) is 7.49. The van der Waals surface area contributed by atoms with Gasteiger partial charge in [0.15, 0.2) is 0 Å². The molecule has 10 heteroatoms. The largest absolute Gasteiger partial charge is 0.357 e. The highest BCUT2D eigenvalue weighted by molar-refractivity contribution is 7.92. The third-order valence-electron chi connectivity index (χ3n) is 4.49. The number of halogens is 2. The van der Waals surface area contributed by atoms with Crippen LogP contribution in [0.5, 0.6) is 0 Å². The van der Waals surface area contributed by atoms with Crippen LogP contribution in [0.1, 0.15) is 12.5 Å². The van der Waals surface area contributed by atoms with E-state index in [0.717, 1.165) is 27.6 Å². The molecule has 1 atom stereocenters. The number of carbonyl (C=O) groups excluding carboxylic acids is 2. The first-order chi connectivity index (χ1) is 14.0. The van der Waals surface area contributed by atoms with Gasteiger partial charge in [-0.3, -0.25) is 13.9 Å². The van der Waals surface area contributed by atoms with Crippen LogP contribution in [-0.4, -0.2) is 51.0 Å². The van der Waals surface area contributed by atoms with Gasteiger partial charge in [-0.25, -0.2) is 17.2 Å². The first kappa shape index (κ1) is 23.3. The average molecular weight is 439 g/mol. The summed E-state index contributed by atoms with van der Waals surface area (Å²) in [5.41, 5.74) is 0.127. The third kappa shape index (κ3) is 5.76. The molecule has 0 saturated heterocycles. The van der Waals surface area contributed by atoms with Crippen molar-refractivity contribution in [2.75, 3.05) is 24.2 Å². The van der Waals surface area contributed by atoms with Gasteiger partial charge in [-0.15, -0.1) is 0 Å². The standard InChI is InChI=1S/C20H23F2N3O4S/c1-14(20(27)23-2)24(12-15-7-4-5-10-18(15)22)19(26)13-25(30(3,28)29)17-9-6-8-16(21)11-17/h4-11,14H,12-13H2,1-3H3,(H,23,27)/t14-/m1/s1. The summed E-state index contributed by atoms with van der Waals surface area (Å²) >= 11 is 0. The molecule has 0 spiro atoms. The molecule has 0 radical (unpaired) electrons. The minimum Gasteiger partial charge on any atom is -0.357 e. The molecule has 7 nitrogen and oxygen atoms in total. The Hall–Kier alpha value is -3.01. The first-order valence-corrected chi connectivity index (χ1v) is 10.9. The average Bonchev–Trinajstić information content (AvgIpc) is 2.69. The Morgan fingerprint density at radius 2 is 1.77 bits per heavy atom. The lowest BCUT2D eigenvalue weighted by Crippen LogP contribution is -2.50. The van der Waals surface area contributed by atoms with Crippen LogP contribution in [0.3, 0.4) is 0 Å². The smallest absolute Gasteiger partial charge is 0.244 e. The molecule has 0 aromatic heterocycles. The summed E-state index contributed by atoms with van der Waals surface area (Å²) in [4.78, 5) is 26.3. The van der Waals surface area contributed by atoms with Crippen LogP contribution in [0.2, 0.25) is 0 Å². The second-order valence-electron chi connectivity index (χ2n) is 6.65. The summed E-state index contributed by atoms with van der Waals surface area (Å²) in [6.07, 6.45) is 0.884. The summed E-state index contributed by atoms with van der Waals surface area (Å²) in [7, 11) is -2.56. The number of hydrogen-bond acceptors (Lipinski definition) is 4. The second kappa shape index (κ2) is 9.66. The molecule has 30 heavy (non-hydrogen) atoms. The maximum atomic E-state index is 14.1. The van der Waals surface area contributed by atoms with E-state index in [-0.39, 0.29) is 17.8 Å². The lowest BCUT2D eigenvalue weighted by molar-refractivity contribution is -0.139. The Balaban J connectivity index is 2.40. The van der Waals surface area contributed by atoms with Crippen molar-refractivity contribution in [1.29, 1.82) is 0 Å². The van der Waals surface area contributed by atoms with E-state index >= 15 is 0 Å². The van der Waals surface area contributed by atoms with Crippen LogP contribution in [0, 0.1) is 11.6 Å². The summed E-state index contributed by atoms with van der Waals surface area (Å²) in [6, 6.07) is 9.55. The van der Waals surface area contributed by atoms with Crippen molar-refractivity contribution in [3.8, 4) is 0 Å². The molecule has 0 aliphatic heterocycles. The zero-order chi connectivity index (χ0) is 22.5. The van der Waals surface area contributed by atoms with Gasteiger partial charge in [0.25, 0.3) is 0 Å². The van der Waals surface area contributed by atoms with Gasteiger partial charge < -0.3 is 10.2 Å². The molecule has 0 unspecified atom stereocenters. The van der Waals surface area contributed by atoms with Crippen molar-refractivity contribution >= 4 is 27.5 Å². The Morgan fingerprint density at radius 3 is 2.33 bits per heavy atom. The lowest BCUT2D eigenvalue weighted by Gasteiger charge is -2.31. The summed E-state index contributed by atoms with van der Waals surface area (Å²) in [5.74, 6) is -2.49. The molecule has 0 aliphatic rings. The molecule has 0 fully saturated rings. The normalized spacial score (nSPS) is 12.2. The number of benzene rings is 2. The van der Waals surface area contributed by atoms with Crippen molar-refractivity contribution in [2.24, 2.45) is 0 Å². The van der Waals surface area contributed by atoms with E-state index in [1.165, 1.54) is 44.3 Å². The number of likely N-dealkylation sites (N-methyl/N-ethyl adjacent to an activating group) is 1. The highest BCUT2D eigenvalue weighted by Gasteiger charge is 2.30. The highest BCUT2D eigenvalue weighted by Crippen LogP contribution is 2.20. The molecular formula is C20H23F2N3O4S. The summed E-state index contributed by atoms with van der Waals surface area (Å²) in [6.45, 7) is 0.517. The number of hydrogen-bond donors (Lipinski definition) is 1. The molecule has 0 heterocycles. The van der Waals surface area contributed by atoms with E-state index in [9.17, 15) is 26.8 Å². The van der Waals surface area contributed by atoms with Gasteiger partial charge in [-0.05, 0) is 31.2 Å². The van der Waals surface area contributed by atoms with Gasteiger partial charge in [-0.2, -0.15) is 0 Å². The molecule has 2 rings (SSSR count). The van der Waals surface area contributed by atoms with Gasteiger partial charge >= 0.3 is 0 Å².